The Labute approximate surface area is 122 Å². The first-order chi connectivity index (χ1) is 9.54. The molecule has 1 N–H and O–H groups in total. The Balaban J connectivity index is 3.24. The maximum atomic E-state index is 11.4. The third-order valence-electron chi connectivity index (χ3n) is 2.95. The minimum atomic E-state index is -3.55. The molecule has 0 saturated carbocycles. The lowest BCUT2D eigenvalue weighted by Crippen LogP contribution is -2.28. The molecule has 1 rings (SSSR count). The van der Waals surface area contributed by atoms with E-state index in [9.17, 15) is 23.3 Å². The number of rotatable bonds is 6. The number of nitro groups is 1. The number of nitrogens with zero attached hydrogens (tertiary/aromatic N) is 2. The Kier molecular flexibility index (Phi) is 4.89. The Morgan fingerprint density at radius 2 is 2.05 bits per heavy atom. The summed E-state index contributed by atoms with van der Waals surface area (Å²) in [5, 5.41) is 20.0. The molecule has 0 amide bonds. The van der Waals surface area contributed by atoms with Gasteiger partial charge in [-0.1, -0.05) is 6.92 Å². The minimum Gasteiger partial charge on any atom is -0.481 e. The van der Waals surface area contributed by atoms with E-state index in [2.05, 4.69) is 0 Å². The fourth-order valence-corrected chi connectivity index (χ4v) is 2.43. The Bertz CT molecular complexity index is 670. The van der Waals surface area contributed by atoms with Crippen LogP contribution in [0.15, 0.2) is 23.1 Å². The summed E-state index contributed by atoms with van der Waals surface area (Å²) in [7, 11) is -2.04. The van der Waals surface area contributed by atoms with Gasteiger partial charge in [0.15, 0.2) is 9.84 Å². The Morgan fingerprint density at radius 1 is 1.48 bits per heavy atom. The molecule has 0 heterocycles. The van der Waals surface area contributed by atoms with Crippen LogP contribution >= 0.6 is 0 Å². The van der Waals surface area contributed by atoms with Gasteiger partial charge in [0.05, 0.1) is 15.7 Å². The van der Waals surface area contributed by atoms with Crippen molar-refractivity contribution < 1.29 is 23.2 Å². The van der Waals surface area contributed by atoms with Crippen LogP contribution in [-0.4, -0.2) is 44.3 Å². The van der Waals surface area contributed by atoms with Crippen LogP contribution in [0.1, 0.15) is 6.92 Å². The van der Waals surface area contributed by atoms with E-state index in [0.717, 1.165) is 12.3 Å². The van der Waals surface area contributed by atoms with Gasteiger partial charge in [0.1, 0.15) is 5.69 Å². The molecule has 8 nitrogen and oxygen atoms in total. The third kappa shape index (κ3) is 4.15. The minimum absolute atomic E-state index is 0.0639. The lowest BCUT2D eigenvalue weighted by molar-refractivity contribution is -0.384. The summed E-state index contributed by atoms with van der Waals surface area (Å²) >= 11 is 0. The smallest absolute Gasteiger partial charge is 0.308 e. The van der Waals surface area contributed by atoms with Gasteiger partial charge in [-0.15, -0.1) is 0 Å². The monoisotopic (exact) mass is 316 g/mol. The maximum absolute atomic E-state index is 11.4. The van der Waals surface area contributed by atoms with Gasteiger partial charge in [0, 0.05) is 25.9 Å². The molecule has 0 bridgehead atoms. The van der Waals surface area contributed by atoms with Crippen molar-refractivity contribution in [3.8, 4) is 0 Å². The second-order valence-corrected chi connectivity index (χ2v) is 6.82. The van der Waals surface area contributed by atoms with Gasteiger partial charge in [0.25, 0.3) is 5.69 Å². The van der Waals surface area contributed by atoms with E-state index in [4.69, 9.17) is 5.11 Å². The molecule has 1 unspecified atom stereocenters. The second-order valence-electron chi connectivity index (χ2n) is 4.80. The fourth-order valence-electron chi connectivity index (χ4n) is 1.79. The van der Waals surface area contributed by atoms with Gasteiger partial charge in [-0.2, -0.15) is 0 Å². The predicted octanol–water partition coefficient (Wildman–Crippen LogP) is 1.16. The molecule has 0 saturated heterocycles. The van der Waals surface area contributed by atoms with Gasteiger partial charge in [-0.3, -0.25) is 14.9 Å². The molecule has 0 aliphatic rings. The number of carboxylic acids is 1. The summed E-state index contributed by atoms with van der Waals surface area (Å²) in [6.07, 6.45) is 0.960. The lowest BCUT2D eigenvalue weighted by Gasteiger charge is -2.21. The number of hydrogen-bond acceptors (Lipinski definition) is 6. The summed E-state index contributed by atoms with van der Waals surface area (Å²) in [4.78, 5) is 22.5. The normalized spacial score (nSPS) is 12.7. The number of benzene rings is 1. The molecule has 21 heavy (non-hydrogen) atoms. The molecule has 9 heteroatoms. The van der Waals surface area contributed by atoms with Gasteiger partial charge < -0.3 is 10.0 Å². The summed E-state index contributed by atoms with van der Waals surface area (Å²) in [6, 6.07) is 3.55. The number of carboxylic acid groups (broad SMARTS) is 1. The number of hydrogen-bond donors (Lipinski definition) is 1. The van der Waals surface area contributed by atoms with Crippen molar-refractivity contribution in [1.29, 1.82) is 0 Å². The van der Waals surface area contributed by atoms with Crippen molar-refractivity contribution in [2.75, 3.05) is 24.7 Å². The molecule has 0 radical (unpaired) electrons. The van der Waals surface area contributed by atoms with Crippen LogP contribution in [0.3, 0.4) is 0 Å². The first kappa shape index (κ1) is 16.9. The number of anilines is 1. The van der Waals surface area contributed by atoms with E-state index in [1.54, 1.807) is 0 Å². The molecule has 116 valence electrons. The van der Waals surface area contributed by atoms with Crippen molar-refractivity contribution in [2.45, 2.75) is 11.8 Å². The highest BCUT2D eigenvalue weighted by Crippen LogP contribution is 2.30. The number of carbonyl (C=O) groups is 1. The van der Waals surface area contributed by atoms with Crippen molar-refractivity contribution in [3.63, 3.8) is 0 Å². The zero-order valence-corrected chi connectivity index (χ0v) is 12.6. The third-order valence-corrected chi connectivity index (χ3v) is 4.06. The maximum Gasteiger partial charge on any atom is 0.308 e. The molecule has 0 spiro atoms. The van der Waals surface area contributed by atoms with E-state index in [0.29, 0.717) is 0 Å². The van der Waals surface area contributed by atoms with Gasteiger partial charge in [0.2, 0.25) is 0 Å². The summed E-state index contributed by atoms with van der Waals surface area (Å²) in [6.45, 7) is 1.55. The standard InChI is InChI=1S/C12H16N2O6S/c1-8(12(15)16)7-13(2)10-5-4-9(21(3,19)20)6-11(10)14(17)18/h4-6,8H,7H2,1-3H3,(H,15,16). The fraction of sp³-hybridized carbons (Fsp3) is 0.417. The highest BCUT2D eigenvalue weighted by Gasteiger charge is 2.23. The second kappa shape index (κ2) is 6.08. The van der Waals surface area contributed by atoms with Crippen LogP contribution in [0.2, 0.25) is 0 Å². The van der Waals surface area contributed by atoms with Crippen molar-refractivity contribution >= 4 is 27.2 Å². The molecule has 0 aromatic heterocycles. The molecule has 0 aliphatic carbocycles. The van der Waals surface area contributed by atoms with Crippen molar-refractivity contribution in [3.05, 3.63) is 28.3 Å². The van der Waals surface area contributed by atoms with E-state index in [-0.39, 0.29) is 22.8 Å². The number of sulfone groups is 1. The first-order valence-corrected chi connectivity index (χ1v) is 7.85. The Morgan fingerprint density at radius 3 is 2.48 bits per heavy atom. The molecule has 1 aromatic rings. The Hall–Kier alpha value is -2.16. The van der Waals surface area contributed by atoms with Crippen molar-refractivity contribution in [2.24, 2.45) is 5.92 Å². The van der Waals surface area contributed by atoms with Crippen LogP contribution in [-0.2, 0) is 14.6 Å². The number of nitro benzene ring substituents is 1. The SMILES string of the molecule is CC(CN(C)c1ccc(S(C)(=O)=O)cc1[N+](=O)[O-])C(=O)O. The van der Waals surface area contributed by atoms with Crippen molar-refractivity contribution in [1.82, 2.24) is 0 Å². The highest BCUT2D eigenvalue weighted by molar-refractivity contribution is 7.90. The number of aliphatic carboxylic acids is 1. The topological polar surface area (TPSA) is 118 Å². The van der Waals surface area contributed by atoms with Gasteiger partial charge in [-0.05, 0) is 12.1 Å². The summed E-state index contributed by atoms with van der Waals surface area (Å²) < 4.78 is 22.9. The molecule has 0 fully saturated rings. The largest absolute Gasteiger partial charge is 0.481 e. The predicted molar refractivity (Wildman–Crippen MR) is 76.3 cm³/mol. The van der Waals surface area contributed by atoms with Crippen LogP contribution in [0, 0.1) is 16.0 Å². The van der Waals surface area contributed by atoms with Crippen LogP contribution in [0.25, 0.3) is 0 Å². The van der Waals surface area contributed by atoms with Gasteiger partial charge in [-0.25, -0.2) is 8.42 Å². The van der Waals surface area contributed by atoms with Crippen LogP contribution in [0.4, 0.5) is 11.4 Å². The lowest BCUT2D eigenvalue weighted by atomic mass is 10.1. The average Bonchev–Trinajstić information content (AvgIpc) is 2.36. The van der Waals surface area contributed by atoms with E-state index in [1.165, 1.54) is 31.0 Å². The molecular weight excluding hydrogens is 300 g/mol. The van der Waals surface area contributed by atoms with E-state index < -0.39 is 26.6 Å². The van der Waals surface area contributed by atoms with Gasteiger partial charge >= 0.3 is 5.97 Å². The zero-order valence-electron chi connectivity index (χ0n) is 11.8. The quantitative estimate of drug-likeness (QED) is 0.618. The molecule has 1 atom stereocenters. The zero-order chi connectivity index (χ0) is 16.4. The summed E-state index contributed by atoms with van der Waals surface area (Å²) in [5.74, 6) is -1.73. The van der Waals surface area contributed by atoms with E-state index >= 15 is 0 Å². The van der Waals surface area contributed by atoms with E-state index in [1.807, 2.05) is 0 Å². The van der Waals surface area contributed by atoms with Crippen LogP contribution in [0.5, 0.6) is 0 Å². The summed E-state index contributed by atoms with van der Waals surface area (Å²) in [5.41, 5.74) is -0.210. The highest BCUT2D eigenvalue weighted by atomic mass is 32.2. The first-order valence-electron chi connectivity index (χ1n) is 5.96. The van der Waals surface area contributed by atoms with Crippen LogP contribution < -0.4 is 4.90 Å². The molecule has 1 aromatic carbocycles. The molecular formula is C12H16N2O6S. The molecule has 0 aliphatic heterocycles. The average molecular weight is 316 g/mol.